The van der Waals surface area contributed by atoms with Crippen molar-refractivity contribution in [3.8, 4) is 11.8 Å². The number of methoxy groups -OCH3 is 1. The molecule has 7 heteroatoms. The number of anilines is 3. The van der Waals surface area contributed by atoms with E-state index in [1.165, 1.54) is 13.3 Å². The van der Waals surface area contributed by atoms with Crippen LogP contribution in [0.5, 0.6) is 5.75 Å². The van der Waals surface area contributed by atoms with Gasteiger partial charge in [0.05, 0.1) is 41.2 Å². The molecule has 1 heterocycles. The average Bonchev–Trinajstić information content (AvgIpc) is 2.69. The van der Waals surface area contributed by atoms with Crippen molar-refractivity contribution in [2.75, 3.05) is 17.7 Å². The molecule has 1 amide bonds. The van der Waals surface area contributed by atoms with Crippen LogP contribution in [-0.4, -0.2) is 18.0 Å². The summed E-state index contributed by atoms with van der Waals surface area (Å²) in [7, 11) is 1.53. The van der Waals surface area contributed by atoms with Crippen LogP contribution in [0.4, 0.5) is 17.1 Å². The largest absolute Gasteiger partial charge is 0.495 e. The lowest BCUT2D eigenvalue weighted by atomic mass is 10.2. The lowest BCUT2D eigenvalue weighted by Crippen LogP contribution is -2.12. The molecule has 0 aliphatic rings. The first-order valence-corrected chi connectivity index (χ1v) is 8.34. The maximum absolute atomic E-state index is 12.5. The summed E-state index contributed by atoms with van der Waals surface area (Å²) in [6.07, 6.45) is 3.09. The standard InChI is InChI=1S/C20H15ClN4O2/c1-27-19-7-6-16(9-18(19)21)25-20(26)14-8-17(12-23-11-14)24-15-4-2-13(10-22)3-5-15/h2-9,11-12,24H,1H3,(H,25,26). The van der Waals surface area contributed by atoms with Gasteiger partial charge in [-0.2, -0.15) is 5.26 Å². The highest BCUT2D eigenvalue weighted by Gasteiger charge is 2.09. The van der Waals surface area contributed by atoms with Gasteiger partial charge >= 0.3 is 0 Å². The van der Waals surface area contributed by atoms with E-state index in [0.717, 1.165) is 5.69 Å². The predicted molar refractivity (Wildman–Crippen MR) is 105 cm³/mol. The summed E-state index contributed by atoms with van der Waals surface area (Å²) in [5.41, 5.74) is 2.96. The van der Waals surface area contributed by atoms with Crippen molar-refractivity contribution >= 4 is 34.6 Å². The van der Waals surface area contributed by atoms with Crippen LogP contribution in [0.15, 0.2) is 60.9 Å². The number of halogens is 1. The number of pyridine rings is 1. The molecule has 0 aliphatic heterocycles. The Morgan fingerprint density at radius 1 is 1.07 bits per heavy atom. The molecule has 0 spiro atoms. The second kappa shape index (κ2) is 8.21. The first kappa shape index (κ1) is 18.2. The molecule has 0 aliphatic carbocycles. The highest BCUT2D eigenvalue weighted by Crippen LogP contribution is 2.27. The zero-order valence-electron chi connectivity index (χ0n) is 14.4. The summed E-state index contributed by atoms with van der Waals surface area (Å²) in [4.78, 5) is 16.6. The third-order valence-electron chi connectivity index (χ3n) is 3.71. The van der Waals surface area contributed by atoms with Crippen LogP contribution >= 0.6 is 11.6 Å². The van der Waals surface area contributed by atoms with Gasteiger partial charge < -0.3 is 15.4 Å². The smallest absolute Gasteiger partial charge is 0.257 e. The van der Waals surface area contributed by atoms with Gasteiger partial charge in [0.2, 0.25) is 0 Å². The number of hydrogen-bond donors (Lipinski definition) is 2. The molecular formula is C20H15ClN4O2. The summed E-state index contributed by atoms with van der Waals surface area (Å²) in [5.74, 6) is 0.220. The third kappa shape index (κ3) is 4.54. The van der Waals surface area contributed by atoms with Crippen LogP contribution in [0.2, 0.25) is 5.02 Å². The molecule has 27 heavy (non-hydrogen) atoms. The van der Waals surface area contributed by atoms with Gasteiger partial charge in [0.1, 0.15) is 5.75 Å². The van der Waals surface area contributed by atoms with E-state index in [4.69, 9.17) is 21.6 Å². The number of carbonyl (C=O) groups is 1. The minimum atomic E-state index is -0.313. The normalized spacial score (nSPS) is 9.96. The summed E-state index contributed by atoms with van der Waals surface area (Å²) < 4.78 is 5.10. The van der Waals surface area contributed by atoms with Crippen LogP contribution in [0.1, 0.15) is 15.9 Å². The quantitative estimate of drug-likeness (QED) is 0.676. The molecule has 0 radical (unpaired) electrons. The second-order valence-corrected chi connectivity index (χ2v) is 5.99. The Morgan fingerprint density at radius 2 is 1.81 bits per heavy atom. The van der Waals surface area contributed by atoms with Crippen molar-refractivity contribution in [1.82, 2.24) is 4.98 Å². The van der Waals surface area contributed by atoms with Gasteiger partial charge in [-0.3, -0.25) is 9.78 Å². The van der Waals surface area contributed by atoms with Crippen molar-refractivity contribution in [1.29, 1.82) is 5.26 Å². The molecule has 2 N–H and O–H groups in total. The van der Waals surface area contributed by atoms with Crippen molar-refractivity contribution < 1.29 is 9.53 Å². The van der Waals surface area contributed by atoms with Crippen LogP contribution in [0, 0.1) is 11.3 Å². The Balaban J connectivity index is 1.73. The molecular weight excluding hydrogens is 364 g/mol. The molecule has 3 aromatic rings. The molecule has 2 aromatic carbocycles. The van der Waals surface area contributed by atoms with E-state index >= 15 is 0 Å². The summed E-state index contributed by atoms with van der Waals surface area (Å²) >= 11 is 6.08. The fraction of sp³-hybridized carbons (Fsp3) is 0.0500. The number of nitrogens with zero attached hydrogens (tertiary/aromatic N) is 2. The number of hydrogen-bond acceptors (Lipinski definition) is 5. The van der Waals surface area contributed by atoms with E-state index in [-0.39, 0.29) is 5.91 Å². The minimum Gasteiger partial charge on any atom is -0.495 e. The first-order chi connectivity index (χ1) is 13.1. The molecule has 0 unspecified atom stereocenters. The molecule has 0 saturated heterocycles. The molecule has 1 aromatic heterocycles. The molecule has 3 rings (SSSR count). The maximum Gasteiger partial charge on any atom is 0.257 e. The molecule has 0 bridgehead atoms. The van der Waals surface area contributed by atoms with E-state index in [2.05, 4.69) is 21.7 Å². The summed E-state index contributed by atoms with van der Waals surface area (Å²) in [6.45, 7) is 0. The number of nitrogens with one attached hydrogen (secondary N) is 2. The van der Waals surface area contributed by atoms with E-state index in [0.29, 0.717) is 33.3 Å². The van der Waals surface area contributed by atoms with Crippen LogP contribution in [0.3, 0.4) is 0 Å². The zero-order chi connectivity index (χ0) is 19.2. The van der Waals surface area contributed by atoms with Crippen LogP contribution in [-0.2, 0) is 0 Å². The Hall–Kier alpha value is -3.56. The van der Waals surface area contributed by atoms with E-state index in [9.17, 15) is 4.79 Å². The summed E-state index contributed by atoms with van der Waals surface area (Å²) in [5, 5.41) is 15.2. The van der Waals surface area contributed by atoms with Gasteiger partial charge in [-0.25, -0.2) is 0 Å². The second-order valence-electron chi connectivity index (χ2n) is 5.58. The fourth-order valence-corrected chi connectivity index (χ4v) is 2.63. The van der Waals surface area contributed by atoms with E-state index in [1.54, 1.807) is 54.7 Å². The highest BCUT2D eigenvalue weighted by atomic mass is 35.5. The average molecular weight is 379 g/mol. The van der Waals surface area contributed by atoms with Crippen molar-refractivity contribution in [3.05, 3.63) is 77.1 Å². The predicted octanol–water partition coefficient (Wildman–Crippen LogP) is 4.61. The SMILES string of the molecule is COc1ccc(NC(=O)c2cncc(Nc3ccc(C#N)cc3)c2)cc1Cl. The summed E-state index contributed by atoms with van der Waals surface area (Å²) in [6, 6.07) is 15.7. The van der Waals surface area contributed by atoms with E-state index in [1.807, 2.05) is 0 Å². The number of amides is 1. The molecule has 0 saturated carbocycles. The van der Waals surface area contributed by atoms with Gasteiger partial charge in [0, 0.05) is 17.6 Å². The van der Waals surface area contributed by atoms with Crippen LogP contribution < -0.4 is 15.4 Å². The molecule has 6 nitrogen and oxygen atoms in total. The molecule has 134 valence electrons. The third-order valence-corrected chi connectivity index (χ3v) is 4.01. The van der Waals surface area contributed by atoms with Crippen molar-refractivity contribution in [2.24, 2.45) is 0 Å². The van der Waals surface area contributed by atoms with Gasteiger partial charge in [-0.15, -0.1) is 0 Å². The fourth-order valence-electron chi connectivity index (χ4n) is 2.37. The molecule has 0 fully saturated rings. The number of nitriles is 1. The topological polar surface area (TPSA) is 87.0 Å². The lowest BCUT2D eigenvalue weighted by molar-refractivity contribution is 0.102. The number of aromatic nitrogens is 1. The monoisotopic (exact) mass is 378 g/mol. The Labute approximate surface area is 161 Å². The Bertz CT molecular complexity index is 1010. The number of rotatable bonds is 5. The van der Waals surface area contributed by atoms with Crippen molar-refractivity contribution in [3.63, 3.8) is 0 Å². The number of ether oxygens (including phenoxy) is 1. The first-order valence-electron chi connectivity index (χ1n) is 7.96. The van der Waals surface area contributed by atoms with Gasteiger partial charge in [0.15, 0.2) is 0 Å². The highest BCUT2D eigenvalue weighted by molar-refractivity contribution is 6.32. The van der Waals surface area contributed by atoms with Gasteiger partial charge in [0.25, 0.3) is 5.91 Å². The minimum absolute atomic E-state index is 0.313. The lowest BCUT2D eigenvalue weighted by Gasteiger charge is -2.10. The Morgan fingerprint density at radius 3 is 2.48 bits per heavy atom. The number of carbonyl (C=O) groups excluding carboxylic acids is 1. The van der Waals surface area contributed by atoms with Gasteiger partial charge in [-0.05, 0) is 48.5 Å². The van der Waals surface area contributed by atoms with Crippen molar-refractivity contribution in [2.45, 2.75) is 0 Å². The molecule has 0 atom stereocenters. The maximum atomic E-state index is 12.5. The van der Waals surface area contributed by atoms with E-state index < -0.39 is 0 Å². The Kier molecular flexibility index (Phi) is 5.55. The van der Waals surface area contributed by atoms with Crippen LogP contribution in [0.25, 0.3) is 0 Å². The van der Waals surface area contributed by atoms with Gasteiger partial charge in [-0.1, -0.05) is 11.6 Å². The number of benzene rings is 2. The zero-order valence-corrected chi connectivity index (χ0v) is 15.1.